The summed E-state index contributed by atoms with van der Waals surface area (Å²) in [6.45, 7) is 1.43. The predicted molar refractivity (Wildman–Crippen MR) is 46.8 cm³/mol. The molecule has 0 bridgehead atoms. The summed E-state index contributed by atoms with van der Waals surface area (Å²) in [5.41, 5.74) is -1.84. The third kappa shape index (κ3) is 2.41. The van der Waals surface area contributed by atoms with Crippen LogP contribution in [0.5, 0.6) is 5.75 Å². The van der Waals surface area contributed by atoms with Crippen LogP contribution in [0.15, 0.2) is 6.07 Å². The number of halogens is 3. The topological polar surface area (TPSA) is 59.4 Å². The zero-order valence-electron chi connectivity index (χ0n) is 8.21. The molecule has 88 valence electrons. The molecule has 1 heterocycles. The van der Waals surface area contributed by atoms with Crippen molar-refractivity contribution in [3.63, 3.8) is 0 Å². The first kappa shape index (κ1) is 12.3. The highest BCUT2D eigenvalue weighted by molar-refractivity contribution is 5.90. The molecule has 0 atom stereocenters. The van der Waals surface area contributed by atoms with Gasteiger partial charge in [0.25, 0.3) is 6.43 Å². The summed E-state index contributed by atoms with van der Waals surface area (Å²) in [5, 5.41) is 9.27. The number of hydrogen-bond donors (Lipinski definition) is 1. The van der Waals surface area contributed by atoms with Crippen LogP contribution in [0.2, 0.25) is 0 Å². The van der Waals surface area contributed by atoms with Gasteiger partial charge >= 0.3 is 5.97 Å². The third-order valence-corrected chi connectivity index (χ3v) is 1.69. The summed E-state index contributed by atoms with van der Waals surface area (Å²) < 4.78 is 41.9. The van der Waals surface area contributed by atoms with E-state index >= 15 is 0 Å². The number of ether oxygens (including phenoxy) is 1. The molecule has 0 radical (unpaired) electrons. The number of pyridine rings is 1. The number of carbonyl (C=O) groups excluding carboxylic acids is 1. The number of esters is 1. The Bertz CT molecular complexity index is 409. The second kappa shape index (κ2) is 4.82. The lowest BCUT2D eigenvalue weighted by atomic mass is 10.2. The number of nitrogens with zero attached hydrogens (tertiary/aromatic N) is 1. The average Bonchev–Trinajstić information content (AvgIpc) is 2.20. The molecular formula is C9H8F3NO3. The second-order valence-corrected chi connectivity index (χ2v) is 2.75. The highest BCUT2D eigenvalue weighted by Gasteiger charge is 2.23. The fourth-order valence-electron chi connectivity index (χ4n) is 1.03. The van der Waals surface area contributed by atoms with E-state index in [1.807, 2.05) is 0 Å². The van der Waals surface area contributed by atoms with Crippen molar-refractivity contribution in [1.29, 1.82) is 0 Å². The monoisotopic (exact) mass is 235 g/mol. The van der Waals surface area contributed by atoms with Gasteiger partial charge in [-0.05, 0) is 6.92 Å². The van der Waals surface area contributed by atoms with Crippen molar-refractivity contribution in [1.82, 2.24) is 4.98 Å². The minimum atomic E-state index is -3.11. The van der Waals surface area contributed by atoms with Crippen LogP contribution in [-0.2, 0) is 4.74 Å². The minimum absolute atomic E-state index is 0.0412. The number of carbonyl (C=O) groups is 1. The summed E-state index contributed by atoms with van der Waals surface area (Å²) in [5.74, 6) is -3.49. The molecule has 0 aliphatic rings. The number of alkyl halides is 2. The van der Waals surface area contributed by atoms with Gasteiger partial charge in [0, 0.05) is 6.07 Å². The van der Waals surface area contributed by atoms with E-state index < -0.39 is 35.3 Å². The number of hydrogen-bond acceptors (Lipinski definition) is 4. The molecule has 1 aromatic rings. The van der Waals surface area contributed by atoms with Gasteiger partial charge < -0.3 is 9.84 Å². The van der Waals surface area contributed by atoms with Crippen LogP contribution in [0.4, 0.5) is 13.2 Å². The Morgan fingerprint density at radius 3 is 2.75 bits per heavy atom. The van der Waals surface area contributed by atoms with Gasteiger partial charge in [0.2, 0.25) is 5.95 Å². The van der Waals surface area contributed by atoms with E-state index in [2.05, 4.69) is 9.72 Å². The molecule has 0 aliphatic heterocycles. The first-order chi connectivity index (χ1) is 7.47. The van der Waals surface area contributed by atoms with E-state index in [1.165, 1.54) is 6.92 Å². The third-order valence-electron chi connectivity index (χ3n) is 1.69. The fraction of sp³-hybridized carbons (Fsp3) is 0.333. The quantitative estimate of drug-likeness (QED) is 0.643. The largest absolute Gasteiger partial charge is 0.505 e. The van der Waals surface area contributed by atoms with Crippen LogP contribution in [0.25, 0.3) is 0 Å². The normalized spacial score (nSPS) is 10.6. The molecule has 0 saturated carbocycles. The Hall–Kier alpha value is -1.79. The first-order valence-electron chi connectivity index (χ1n) is 4.32. The Morgan fingerprint density at radius 1 is 1.62 bits per heavy atom. The summed E-state index contributed by atoms with van der Waals surface area (Å²) in [6.07, 6.45) is -3.11. The molecule has 0 aromatic carbocycles. The van der Waals surface area contributed by atoms with Crippen molar-refractivity contribution >= 4 is 5.97 Å². The van der Waals surface area contributed by atoms with Crippen molar-refractivity contribution in [2.45, 2.75) is 13.3 Å². The first-order valence-corrected chi connectivity index (χ1v) is 4.32. The van der Waals surface area contributed by atoms with Crippen molar-refractivity contribution in [3.05, 3.63) is 23.3 Å². The SMILES string of the molecule is CCOC(=O)c1nc(F)cc(C(F)F)c1O. The lowest BCUT2D eigenvalue weighted by Crippen LogP contribution is -2.10. The maximum Gasteiger partial charge on any atom is 0.360 e. The molecule has 1 aromatic heterocycles. The number of aromatic hydroxyl groups is 1. The van der Waals surface area contributed by atoms with Crippen molar-refractivity contribution in [2.75, 3.05) is 6.61 Å². The zero-order chi connectivity index (χ0) is 12.3. The molecule has 0 spiro atoms. The van der Waals surface area contributed by atoms with Crippen LogP contribution in [0, 0.1) is 5.95 Å². The zero-order valence-corrected chi connectivity index (χ0v) is 8.21. The van der Waals surface area contributed by atoms with E-state index in [1.54, 1.807) is 0 Å². The van der Waals surface area contributed by atoms with Crippen LogP contribution in [0.1, 0.15) is 29.4 Å². The lowest BCUT2D eigenvalue weighted by Gasteiger charge is -2.07. The Labute approximate surface area is 88.7 Å². The van der Waals surface area contributed by atoms with E-state index in [0.717, 1.165) is 0 Å². The van der Waals surface area contributed by atoms with Crippen LogP contribution in [0.3, 0.4) is 0 Å². The smallest absolute Gasteiger partial charge is 0.360 e. The van der Waals surface area contributed by atoms with Gasteiger partial charge in [-0.25, -0.2) is 18.6 Å². The highest BCUT2D eigenvalue weighted by atomic mass is 19.3. The molecule has 1 N–H and O–H groups in total. The maximum absolute atomic E-state index is 12.8. The summed E-state index contributed by atoms with van der Waals surface area (Å²) in [7, 11) is 0. The van der Waals surface area contributed by atoms with E-state index in [-0.39, 0.29) is 6.61 Å². The Balaban J connectivity index is 3.24. The molecule has 1 rings (SSSR count). The van der Waals surface area contributed by atoms with E-state index in [4.69, 9.17) is 0 Å². The van der Waals surface area contributed by atoms with Crippen LogP contribution < -0.4 is 0 Å². The van der Waals surface area contributed by atoms with Gasteiger partial charge in [-0.2, -0.15) is 4.39 Å². The van der Waals surface area contributed by atoms with Gasteiger partial charge in [0.15, 0.2) is 11.4 Å². The fourth-order valence-corrected chi connectivity index (χ4v) is 1.03. The van der Waals surface area contributed by atoms with Gasteiger partial charge in [-0.1, -0.05) is 0 Å². The standard InChI is InChI=1S/C9H8F3NO3/c1-2-16-9(15)6-7(14)4(8(11)12)3-5(10)13-6/h3,8,14H,2H2,1H3. The summed E-state index contributed by atoms with van der Waals surface area (Å²) in [6, 6.07) is 0.364. The molecule has 0 saturated heterocycles. The summed E-state index contributed by atoms with van der Waals surface area (Å²) >= 11 is 0. The number of rotatable bonds is 3. The van der Waals surface area contributed by atoms with Crippen molar-refractivity contribution < 1.29 is 27.8 Å². The molecule has 0 amide bonds. The van der Waals surface area contributed by atoms with Crippen LogP contribution in [-0.4, -0.2) is 22.7 Å². The lowest BCUT2D eigenvalue weighted by molar-refractivity contribution is 0.0513. The van der Waals surface area contributed by atoms with Crippen molar-refractivity contribution in [2.24, 2.45) is 0 Å². The van der Waals surface area contributed by atoms with Crippen LogP contribution >= 0.6 is 0 Å². The van der Waals surface area contributed by atoms with Gasteiger partial charge in [0.05, 0.1) is 12.2 Å². The Kier molecular flexibility index (Phi) is 3.70. The van der Waals surface area contributed by atoms with E-state index in [0.29, 0.717) is 6.07 Å². The van der Waals surface area contributed by atoms with Crippen molar-refractivity contribution in [3.8, 4) is 5.75 Å². The molecular weight excluding hydrogens is 227 g/mol. The average molecular weight is 235 g/mol. The predicted octanol–water partition coefficient (Wildman–Crippen LogP) is 2.04. The molecule has 0 fully saturated rings. The van der Waals surface area contributed by atoms with E-state index in [9.17, 15) is 23.1 Å². The maximum atomic E-state index is 12.8. The molecule has 0 aliphatic carbocycles. The minimum Gasteiger partial charge on any atom is -0.505 e. The van der Waals surface area contributed by atoms with Gasteiger partial charge in [-0.15, -0.1) is 0 Å². The molecule has 4 nitrogen and oxygen atoms in total. The second-order valence-electron chi connectivity index (χ2n) is 2.75. The molecule has 0 unspecified atom stereocenters. The van der Waals surface area contributed by atoms with Gasteiger partial charge in [-0.3, -0.25) is 0 Å². The summed E-state index contributed by atoms with van der Waals surface area (Å²) in [4.78, 5) is 14.1. The highest BCUT2D eigenvalue weighted by Crippen LogP contribution is 2.30. The Morgan fingerprint density at radius 2 is 2.25 bits per heavy atom. The van der Waals surface area contributed by atoms with Gasteiger partial charge in [0.1, 0.15) is 0 Å². The molecule has 16 heavy (non-hydrogen) atoms. The molecule has 7 heteroatoms. The number of aromatic nitrogens is 1.